The summed E-state index contributed by atoms with van der Waals surface area (Å²) in [7, 11) is -1.71. The van der Waals surface area contributed by atoms with Crippen molar-refractivity contribution in [2.24, 2.45) is 0 Å². The smallest absolute Gasteiger partial charge is 0.393 e. The van der Waals surface area contributed by atoms with Crippen molar-refractivity contribution < 1.29 is 9.09 Å². The van der Waals surface area contributed by atoms with E-state index in [1.54, 1.807) is 7.05 Å². The molecular formula is C18H21Cl3N3O2P. The van der Waals surface area contributed by atoms with E-state index in [4.69, 9.17) is 39.3 Å². The van der Waals surface area contributed by atoms with Gasteiger partial charge in [-0.05, 0) is 31.7 Å². The van der Waals surface area contributed by atoms with E-state index < -0.39 is 7.67 Å². The Morgan fingerprint density at radius 3 is 2.26 bits per heavy atom. The predicted octanol–water partition coefficient (Wildman–Crippen LogP) is 5.48. The number of nitrogens with one attached hydrogen (secondary N) is 1. The van der Waals surface area contributed by atoms with Gasteiger partial charge in [-0.25, -0.2) is 14.3 Å². The van der Waals surface area contributed by atoms with Crippen LogP contribution in [0.2, 0.25) is 15.1 Å². The first-order valence-corrected chi connectivity index (χ1v) is 11.2. The SMILES string of the molecule is CN[P@](=O)(Oc1cc(Cl)c(Cl)cc1Cl)N1CCN(c2ccccc2C)CC1. The lowest BCUT2D eigenvalue weighted by molar-refractivity contribution is 0.327. The summed E-state index contributed by atoms with van der Waals surface area (Å²) >= 11 is 18.2. The summed E-state index contributed by atoms with van der Waals surface area (Å²) in [6.45, 7) is 4.76. The Balaban J connectivity index is 1.74. The van der Waals surface area contributed by atoms with Gasteiger partial charge in [-0.3, -0.25) is 0 Å². The fourth-order valence-electron chi connectivity index (χ4n) is 3.07. The Morgan fingerprint density at radius 1 is 1.00 bits per heavy atom. The molecule has 3 rings (SSSR count). The third kappa shape index (κ3) is 4.56. The molecule has 1 heterocycles. The number of benzene rings is 2. The normalized spacial score (nSPS) is 17.6. The van der Waals surface area contributed by atoms with Crippen LogP contribution in [0.4, 0.5) is 5.69 Å². The maximum Gasteiger partial charge on any atom is 0.393 e. The lowest BCUT2D eigenvalue weighted by Gasteiger charge is -2.39. The lowest BCUT2D eigenvalue weighted by Crippen LogP contribution is -2.47. The van der Waals surface area contributed by atoms with Crippen molar-refractivity contribution in [3.05, 3.63) is 57.0 Å². The highest BCUT2D eigenvalue weighted by Crippen LogP contribution is 2.49. The highest BCUT2D eigenvalue weighted by Gasteiger charge is 2.35. The number of aryl methyl sites for hydroxylation is 1. The molecule has 0 saturated carbocycles. The summed E-state index contributed by atoms with van der Waals surface area (Å²) < 4.78 is 21.0. The Hall–Kier alpha value is -0.940. The van der Waals surface area contributed by atoms with E-state index in [-0.39, 0.29) is 10.8 Å². The lowest BCUT2D eigenvalue weighted by atomic mass is 10.1. The number of anilines is 1. The number of para-hydroxylation sites is 1. The van der Waals surface area contributed by atoms with Gasteiger partial charge in [0.15, 0.2) is 0 Å². The zero-order chi connectivity index (χ0) is 19.6. The minimum atomic E-state index is -3.32. The van der Waals surface area contributed by atoms with Crippen molar-refractivity contribution in [1.29, 1.82) is 0 Å². The molecule has 5 nitrogen and oxygen atoms in total. The molecule has 2 aromatic rings. The second-order valence-electron chi connectivity index (χ2n) is 6.26. The minimum absolute atomic E-state index is 0.241. The van der Waals surface area contributed by atoms with E-state index in [0.717, 1.165) is 13.1 Å². The monoisotopic (exact) mass is 447 g/mol. The Bertz CT molecular complexity index is 873. The third-order valence-electron chi connectivity index (χ3n) is 4.56. The Kier molecular flexibility index (Phi) is 6.62. The number of nitrogens with zero attached hydrogens (tertiary/aromatic N) is 2. The highest BCUT2D eigenvalue weighted by atomic mass is 35.5. The van der Waals surface area contributed by atoms with Gasteiger partial charge in [-0.2, -0.15) is 0 Å². The molecule has 1 fully saturated rings. The maximum atomic E-state index is 13.4. The molecule has 0 aromatic heterocycles. The molecule has 2 aromatic carbocycles. The maximum absolute atomic E-state index is 13.4. The fraction of sp³-hybridized carbons (Fsp3) is 0.333. The van der Waals surface area contributed by atoms with Crippen LogP contribution in [0.3, 0.4) is 0 Å². The van der Waals surface area contributed by atoms with Gasteiger partial charge in [-0.1, -0.05) is 53.0 Å². The standard InChI is InChI=1S/C18H21Cl3N3O2P/c1-13-5-3-4-6-17(13)23-7-9-24(10-8-23)27(25,22-2)26-18-12-15(20)14(19)11-16(18)21/h3-6,11-12H,7-10H2,1-2H3,(H,22,25)/t27-/m0/s1. The van der Waals surface area contributed by atoms with Crippen molar-refractivity contribution in [3.63, 3.8) is 0 Å². The predicted molar refractivity (Wildman–Crippen MR) is 114 cm³/mol. The number of piperazine rings is 1. The first-order valence-electron chi connectivity index (χ1n) is 8.53. The topological polar surface area (TPSA) is 44.8 Å². The molecule has 0 unspecified atom stereocenters. The number of rotatable bonds is 5. The molecule has 0 amide bonds. The van der Waals surface area contributed by atoms with Crippen LogP contribution in [-0.2, 0) is 4.57 Å². The average Bonchev–Trinajstić information content (AvgIpc) is 2.66. The number of hydrogen-bond donors (Lipinski definition) is 1. The first kappa shape index (κ1) is 20.8. The third-order valence-corrected chi connectivity index (χ3v) is 7.74. The molecule has 0 aliphatic carbocycles. The zero-order valence-electron chi connectivity index (χ0n) is 15.1. The largest absolute Gasteiger partial charge is 0.420 e. The summed E-state index contributed by atoms with van der Waals surface area (Å²) in [5.41, 5.74) is 2.42. The Morgan fingerprint density at radius 2 is 1.63 bits per heavy atom. The van der Waals surface area contributed by atoms with Gasteiger partial charge in [0, 0.05) is 37.9 Å². The molecule has 9 heteroatoms. The van der Waals surface area contributed by atoms with Crippen LogP contribution in [0.15, 0.2) is 36.4 Å². The van der Waals surface area contributed by atoms with Crippen LogP contribution in [0.1, 0.15) is 5.56 Å². The molecule has 1 N–H and O–H groups in total. The summed E-state index contributed by atoms with van der Waals surface area (Å²) in [6.07, 6.45) is 0. The van der Waals surface area contributed by atoms with Crippen LogP contribution in [0, 0.1) is 6.92 Å². The molecule has 1 aliphatic heterocycles. The van der Waals surface area contributed by atoms with Crippen LogP contribution in [0.25, 0.3) is 0 Å². The van der Waals surface area contributed by atoms with Crippen LogP contribution < -0.4 is 14.5 Å². The summed E-state index contributed by atoms with van der Waals surface area (Å²) in [6, 6.07) is 11.2. The van der Waals surface area contributed by atoms with Crippen LogP contribution in [0.5, 0.6) is 5.75 Å². The van der Waals surface area contributed by atoms with Crippen molar-refractivity contribution >= 4 is 48.2 Å². The van der Waals surface area contributed by atoms with Gasteiger partial charge < -0.3 is 9.42 Å². The molecule has 146 valence electrons. The summed E-state index contributed by atoms with van der Waals surface area (Å²) in [4.78, 5) is 2.29. The van der Waals surface area contributed by atoms with E-state index in [1.165, 1.54) is 23.4 Å². The molecule has 27 heavy (non-hydrogen) atoms. The highest BCUT2D eigenvalue weighted by molar-refractivity contribution is 7.54. The molecule has 1 aliphatic rings. The minimum Gasteiger partial charge on any atom is -0.420 e. The van der Waals surface area contributed by atoms with Gasteiger partial charge in [0.1, 0.15) is 5.75 Å². The second kappa shape index (κ2) is 8.60. The van der Waals surface area contributed by atoms with Crippen LogP contribution >= 0.6 is 42.5 Å². The molecule has 0 bridgehead atoms. The molecule has 0 spiro atoms. The molecule has 0 radical (unpaired) electrons. The first-order chi connectivity index (χ1) is 12.8. The van der Waals surface area contributed by atoms with Gasteiger partial charge in [0.25, 0.3) is 0 Å². The van der Waals surface area contributed by atoms with E-state index >= 15 is 0 Å². The van der Waals surface area contributed by atoms with E-state index in [2.05, 4.69) is 29.0 Å². The van der Waals surface area contributed by atoms with Gasteiger partial charge in [-0.15, -0.1) is 0 Å². The van der Waals surface area contributed by atoms with Crippen LogP contribution in [-0.4, -0.2) is 37.9 Å². The summed E-state index contributed by atoms with van der Waals surface area (Å²) in [5.74, 6) is 0.241. The second-order valence-corrected chi connectivity index (χ2v) is 9.72. The zero-order valence-corrected chi connectivity index (χ0v) is 18.2. The number of halogens is 3. The van der Waals surface area contributed by atoms with Crippen molar-refractivity contribution in [3.8, 4) is 5.75 Å². The Labute approximate surface area is 174 Å². The molecular weight excluding hydrogens is 428 g/mol. The fourth-order valence-corrected chi connectivity index (χ4v) is 5.31. The average molecular weight is 449 g/mol. The van der Waals surface area contributed by atoms with Gasteiger partial charge in [0.05, 0.1) is 15.1 Å². The quantitative estimate of drug-likeness (QED) is 0.484. The van der Waals surface area contributed by atoms with Crippen molar-refractivity contribution in [2.75, 3.05) is 38.1 Å². The van der Waals surface area contributed by atoms with Gasteiger partial charge >= 0.3 is 7.67 Å². The van der Waals surface area contributed by atoms with Crippen molar-refractivity contribution in [1.82, 2.24) is 9.76 Å². The number of hydrogen-bond acceptors (Lipinski definition) is 3. The van der Waals surface area contributed by atoms with Gasteiger partial charge in [0.2, 0.25) is 0 Å². The molecule has 1 atom stereocenters. The van der Waals surface area contributed by atoms with E-state index in [1.807, 2.05) is 16.8 Å². The van der Waals surface area contributed by atoms with E-state index in [0.29, 0.717) is 23.1 Å². The van der Waals surface area contributed by atoms with E-state index in [9.17, 15) is 4.57 Å². The summed E-state index contributed by atoms with van der Waals surface area (Å²) in [5, 5.41) is 3.71. The molecule has 1 saturated heterocycles. The van der Waals surface area contributed by atoms with Crippen molar-refractivity contribution in [2.45, 2.75) is 6.92 Å².